The van der Waals surface area contributed by atoms with Gasteiger partial charge in [-0.25, -0.2) is 4.98 Å². The van der Waals surface area contributed by atoms with Crippen LogP contribution < -0.4 is 10.2 Å². The monoisotopic (exact) mass is 490 g/mol. The van der Waals surface area contributed by atoms with Crippen molar-refractivity contribution in [3.05, 3.63) is 47.0 Å². The first-order chi connectivity index (χ1) is 14.1. The predicted molar refractivity (Wildman–Crippen MR) is 128 cm³/mol. The third-order valence-corrected chi connectivity index (χ3v) is 11.2. The van der Waals surface area contributed by atoms with Crippen molar-refractivity contribution in [3.63, 3.8) is 0 Å². The number of carbonyl (C=O) groups is 1. The number of anilines is 2. The zero-order chi connectivity index (χ0) is 21.9. The molecule has 6 nitrogen and oxygen atoms in total. The quantitative estimate of drug-likeness (QED) is 0.561. The van der Waals surface area contributed by atoms with E-state index in [1.54, 1.807) is 30.7 Å². The molecule has 162 valence electrons. The maximum absolute atomic E-state index is 12.8. The van der Waals surface area contributed by atoms with E-state index in [1.807, 2.05) is 6.07 Å². The van der Waals surface area contributed by atoms with Crippen molar-refractivity contribution in [2.75, 3.05) is 23.3 Å². The summed E-state index contributed by atoms with van der Waals surface area (Å²) in [7, 11) is -1.84. The number of piperidine rings is 1. The van der Waals surface area contributed by atoms with Crippen LogP contribution in [0, 0.1) is 0 Å². The SMILES string of the molecule is CC(C)(C)[Si](C)(C)OC1CCCN(c2ccncc2NC(=O)c2ncccc2Br)C1. The van der Waals surface area contributed by atoms with Crippen molar-refractivity contribution in [1.29, 1.82) is 0 Å². The van der Waals surface area contributed by atoms with E-state index in [2.05, 4.69) is 70.0 Å². The molecular weight excluding hydrogens is 460 g/mol. The van der Waals surface area contributed by atoms with Gasteiger partial charge in [-0.05, 0) is 65.1 Å². The molecule has 1 aliphatic rings. The van der Waals surface area contributed by atoms with E-state index >= 15 is 0 Å². The van der Waals surface area contributed by atoms with Gasteiger partial charge >= 0.3 is 0 Å². The smallest absolute Gasteiger partial charge is 0.275 e. The molecule has 1 unspecified atom stereocenters. The largest absolute Gasteiger partial charge is 0.412 e. The van der Waals surface area contributed by atoms with Gasteiger partial charge in [0.25, 0.3) is 5.91 Å². The molecule has 0 radical (unpaired) electrons. The number of pyridine rings is 2. The van der Waals surface area contributed by atoms with Crippen LogP contribution in [-0.2, 0) is 4.43 Å². The number of amides is 1. The van der Waals surface area contributed by atoms with Crippen LogP contribution >= 0.6 is 15.9 Å². The van der Waals surface area contributed by atoms with Crippen LogP contribution in [0.3, 0.4) is 0 Å². The van der Waals surface area contributed by atoms with Crippen molar-refractivity contribution in [2.24, 2.45) is 0 Å². The molecule has 8 heteroatoms. The topological polar surface area (TPSA) is 67.3 Å². The molecule has 0 aliphatic carbocycles. The zero-order valence-corrected chi connectivity index (χ0v) is 21.0. The van der Waals surface area contributed by atoms with Crippen molar-refractivity contribution in [2.45, 2.75) is 57.8 Å². The maximum atomic E-state index is 12.8. The second kappa shape index (κ2) is 9.16. The molecule has 0 spiro atoms. The van der Waals surface area contributed by atoms with Crippen LogP contribution in [0.1, 0.15) is 44.1 Å². The Labute approximate surface area is 188 Å². The molecular formula is C22H31BrN4O2Si. The van der Waals surface area contributed by atoms with E-state index < -0.39 is 8.32 Å². The van der Waals surface area contributed by atoms with Crippen molar-refractivity contribution >= 4 is 41.5 Å². The molecule has 30 heavy (non-hydrogen) atoms. The normalized spacial score (nSPS) is 17.7. The Kier molecular flexibility index (Phi) is 6.99. The molecule has 1 saturated heterocycles. The Balaban J connectivity index is 1.76. The van der Waals surface area contributed by atoms with Gasteiger partial charge in [0.2, 0.25) is 0 Å². The summed E-state index contributed by atoms with van der Waals surface area (Å²) in [5.41, 5.74) is 2.01. The molecule has 1 fully saturated rings. The summed E-state index contributed by atoms with van der Waals surface area (Å²) in [6.07, 6.45) is 7.39. The molecule has 1 aliphatic heterocycles. The van der Waals surface area contributed by atoms with Gasteiger partial charge in [0.05, 0.1) is 23.7 Å². The van der Waals surface area contributed by atoms with Gasteiger partial charge in [-0.1, -0.05) is 20.8 Å². The lowest BCUT2D eigenvalue weighted by Crippen LogP contribution is -2.49. The van der Waals surface area contributed by atoms with E-state index in [0.29, 0.717) is 15.9 Å². The van der Waals surface area contributed by atoms with E-state index in [9.17, 15) is 4.79 Å². The van der Waals surface area contributed by atoms with Gasteiger partial charge in [0.15, 0.2) is 8.32 Å². The maximum Gasteiger partial charge on any atom is 0.275 e. The van der Waals surface area contributed by atoms with Crippen LogP contribution in [0.4, 0.5) is 11.4 Å². The van der Waals surface area contributed by atoms with Crippen LogP contribution in [0.2, 0.25) is 18.1 Å². The molecule has 1 N–H and O–H groups in total. The van der Waals surface area contributed by atoms with Gasteiger partial charge in [-0.15, -0.1) is 0 Å². The minimum Gasteiger partial charge on any atom is -0.412 e. The standard InChI is InChI=1S/C22H31BrN4O2Si/c1-22(2,3)30(4,5)29-16-8-7-13-27(15-16)19-10-12-24-14-18(19)26-21(28)20-17(23)9-6-11-25-20/h6,9-12,14,16H,7-8,13,15H2,1-5H3,(H,26,28). The summed E-state index contributed by atoms with van der Waals surface area (Å²) in [5, 5.41) is 3.17. The second-order valence-corrected chi connectivity index (χ2v) is 14.9. The van der Waals surface area contributed by atoms with Gasteiger partial charge < -0.3 is 14.6 Å². The fourth-order valence-corrected chi connectivity index (χ4v) is 5.15. The first kappa shape index (κ1) is 22.9. The van der Waals surface area contributed by atoms with Crippen LogP contribution in [0.5, 0.6) is 0 Å². The zero-order valence-electron chi connectivity index (χ0n) is 18.4. The molecule has 2 aromatic heterocycles. The molecule has 3 rings (SSSR count). The lowest BCUT2D eigenvalue weighted by atomic mass is 10.1. The third kappa shape index (κ3) is 5.28. The number of carbonyl (C=O) groups excluding carboxylic acids is 1. The lowest BCUT2D eigenvalue weighted by molar-refractivity contribution is 0.102. The number of nitrogens with zero attached hydrogens (tertiary/aromatic N) is 3. The Bertz CT molecular complexity index is 901. The molecule has 1 atom stereocenters. The van der Waals surface area contributed by atoms with Crippen molar-refractivity contribution in [1.82, 2.24) is 9.97 Å². The Morgan fingerprint density at radius 3 is 2.77 bits per heavy atom. The van der Waals surface area contributed by atoms with Gasteiger partial charge in [-0.2, -0.15) is 0 Å². The summed E-state index contributed by atoms with van der Waals surface area (Å²) in [4.78, 5) is 23.5. The van der Waals surface area contributed by atoms with Crippen molar-refractivity contribution in [3.8, 4) is 0 Å². The van der Waals surface area contributed by atoms with Gasteiger partial charge in [0.1, 0.15) is 5.69 Å². The number of hydrogen-bond donors (Lipinski definition) is 1. The van der Waals surface area contributed by atoms with E-state index in [-0.39, 0.29) is 17.0 Å². The molecule has 0 saturated carbocycles. The van der Waals surface area contributed by atoms with Crippen LogP contribution in [0.15, 0.2) is 41.3 Å². The van der Waals surface area contributed by atoms with Crippen LogP contribution in [0.25, 0.3) is 0 Å². The average Bonchev–Trinajstić information content (AvgIpc) is 2.67. The number of rotatable bonds is 5. The number of hydrogen-bond acceptors (Lipinski definition) is 5. The van der Waals surface area contributed by atoms with E-state index in [1.165, 1.54) is 0 Å². The minimum absolute atomic E-state index is 0.182. The number of aromatic nitrogens is 2. The summed E-state index contributed by atoms with van der Waals surface area (Å²) in [6.45, 7) is 13.2. The summed E-state index contributed by atoms with van der Waals surface area (Å²) in [5.74, 6) is -0.261. The predicted octanol–water partition coefficient (Wildman–Crippen LogP) is 5.48. The van der Waals surface area contributed by atoms with Crippen LogP contribution in [-0.4, -0.2) is 43.4 Å². The number of halogens is 1. The lowest BCUT2D eigenvalue weighted by Gasteiger charge is -2.43. The highest BCUT2D eigenvalue weighted by atomic mass is 79.9. The Hall–Kier alpha value is -1.77. The number of nitrogens with one attached hydrogen (secondary N) is 1. The fourth-order valence-electron chi connectivity index (χ4n) is 3.34. The highest BCUT2D eigenvalue weighted by Gasteiger charge is 2.40. The van der Waals surface area contributed by atoms with E-state index in [4.69, 9.17) is 4.43 Å². The first-order valence-electron chi connectivity index (χ1n) is 10.4. The molecule has 0 bridgehead atoms. The minimum atomic E-state index is -1.84. The Morgan fingerprint density at radius 2 is 2.07 bits per heavy atom. The fraction of sp³-hybridized carbons (Fsp3) is 0.500. The average molecular weight is 492 g/mol. The highest BCUT2D eigenvalue weighted by molar-refractivity contribution is 9.10. The van der Waals surface area contributed by atoms with Crippen molar-refractivity contribution < 1.29 is 9.22 Å². The Morgan fingerprint density at radius 1 is 1.30 bits per heavy atom. The second-order valence-electron chi connectivity index (χ2n) is 9.27. The van der Waals surface area contributed by atoms with E-state index in [0.717, 1.165) is 31.6 Å². The van der Waals surface area contributed by atoms with Gasteiger partial charge in [-0.3, -0.25) is 9.78 Å². The molecule has 0 aromatic carbocycles. The van der Waals surface area contributed by atoms with Gasteiger partial charge in [0, 0.05) is 30.0 Å². The highest BCUT2D eigenvalue weighted by Crippen LogP contribution is 2.39. The first-order valence-corrected chi connectivity index (χ1v) is 14.1. The summed E-state index contributed by atoms with van der Waals surface area (Å²) >= 11 is 3.39. The summed E-state index contributed by atoms with van der Waals surface area (Å²) < 4.78 is 7.34. The third-order valence-electron chi connectivity index (χ3n) is 6.01. The molecule has 2 aromatic rings. The molecule has 1 amide bonds. The molecule has 3 heterocycles. The summed E-state index contributed by atoms with van der Waals surface area (Å²) in [6, 6.07) is 5.55.